The molecule has 2 aromatic carbocycles. The molecule has 164 valence electrons. The lowest BCUT2D eigenvalue weighted by Crippen LogP contribution is -2.14. The van der Waals surface area contributed by atoms with Crippen molar-refractivity contribution in [1.82, 2.24) is 9.97 Å². The van der Waals surface area contributed by atoms with Gasteiger partial charge in [-0.3, -0.25) is 0 Å². The average Bonchev–Trinajstić information content (AvgIpc) is 2.79. The Morgan fingerprint density at radius 1 is 1.00 bits per heavy atom. The van der Waals surface area contributed by atoms with Gasteiger partial charge in [0, 0.05) is 22.8 Å². The molecule has 4 rings (SSSR count). The monoisotopic (exact) mass is 429 g/mol. The molecular weight excluding hydrogens is 402 g/mol. The van der Waals surface area contributed by atoms with E-state index in [4.69, 9.17) is 9.47 Å². The number of aromatic nitrogens is 2. The van der Waals surface area contributed by atoms with Gasteiger partial charge in [-0.1, -0.05) is 24.3 Å². The number of pyridine rings is 2. The summed E-state index contributed by atoms with van der Waals surface area (Å²) in [5.41, 5.74) is 4.11. The molecular formula is C26H27N3O3. The number of methoxy groups -OCH3 is 1. The van der Waals surface area contributed by atoms with E-state index in [0.717, 1.165) is 22.2 Å². The van der Waals surface area contributed by atoms with Crippen molar-refractivity contribution in [2.75, 3.05) is 19.0 Å². The highest BCUT2D eigenvalue weighted by Gasteiger charge is 2.22. The van der Waals surface area contributed by atoms with Crippen LogP contribution in [0.2, 0.25) is 0 Å². The van der Waals surface area contributed by atoms with Gasteiger partial charge in [-0.2, -0.15) is 0 Å². The lowest BCUT2D eigenvalue weighted by molar-refractivity contribution is 0.310. The van der Waals surface area contributed by atoms with E-state index in [0.29, 0.717) is 35.0 Å². The third kappa shape index (κ3) is 4.30. The molecule has 0 bridgehead atoms. The first-order chi connectivity index (χ1) is 15.5. The van der Waals surface area contributed by atoms with Gasteiger partial charge in [-0.15, -0.1) is 0 Å². The predicted octanol–water partition coefficient (Wildman–Crippen LogP) is 5.56. The Labute approximate surface area is 187 Å². The number of anilines is 1. The molecule has 0 aliphatic rings. The van der Waals surface area contributed by atoms with Crippen molar-refractivity contribution in [3.8, 4) is 17.2 Å². The number of nitrogens with zero attached hydrogens (tertiary/aromatic N) is 2. The molecule has 0 amide bonds. The van der Waals surface area contributed by atoms with Crippen LogP contribution in [-0.2, 0) is 0 Å². The quantitative estimate of drug-likeness (QED) is 0.400. The zero-order valence-electron chi connectivity index (χ0n) is 18.7. The molecule has 0 saturated heterocycles. The molecule has 4 aromatic rings. The first kappa shape index (κ1) is 21.4. The molecule has 0 fully saturated rings. The molecule has 0 spiro atoms. The Morgan fingerprint density at radius 3 is 2.56 bits per heavy atom. The first-order valence-corrected chi connectivity index (χ1v) is 10.6. The summed E-state index contributed by atoms with van der Waals surface area (Å²) in [6.45, 7) is 6.38. The minimum Gasteiger partial charge on any atom is -0.505 e. The van der Waals surface area contributed by atoms with E-state index in [1.807, 2.05) is 75.4 Å². The van der Waals surface area contributed by atoms with Crippen molar-refractivity contribution in [2.45, 2.75) is 26.8 Å². The average molecular weight is 430 g/mol. The number of hydrogen-bond acceptors (Lipinski definition) is 6. The summed E-state index contributed by atoms with van der Waals surface area (Å²) in [6, 6.07) is 17.1. The zero-order chi connectivity index (χ0) is 22.7. The molecule has 2 heterocycles. The number of fused-ring (bicyclic) bond motifs is 1. The second-order valence-corrected chi connectivity index (χ2v) is 7.67. The molecule has 0 radical (unpaired) electrons. The van der Waals surface area contributed by atoms with Crippen LogP contribution in [0.3, 0.4) is 0 Å². The standard InChI is InChI=1S/C26H27N3O3/c1-5-32-22-15-19(9-11-21(22)31-4)24(29-23-14-16(2)12-13-27-23)20-10-8-18-7-6-17(3)28-25(18)26(20)30/h6-15,24,30H,5H2,1-4H3,(H,27,29). The van der Waals surface area contributed by atoms with Crippen LogP contribution >= 0.6 is 0 Å². The second kappa shape index (κ2) is 9.14. The number of hydrogen-bond donors (Lipinski definition) is 2. The fourth-order valence-corrected chi connectivity index (χ4v) is 3.76. The van der Waals surface area contributed by atoms with Crippen molar-refractivity contribution in [3.63, 3.8) is 0 Å². The van der Waals surface area contributed by atoms with Gasteiger partial charge in [0.05, 0.1) is 19.8 Å². The normalized spacial score (nSPS) is 11.9. The molecule has 0 saturated carbocycles. The van der Waals surface area contributed by atoms with Crippen molar-refractivity contribution in [2.24, 2.45) is 0 Å². The Bertz CT molecular complexity index is 1260. The van der Waals surface area contributed by atoms with Crippen LogP contribution in [0.25, 0.3) is 10.9 Å². The van der Waals surface area contributed by atoms with Gasteiger partial charge in [-0.25, -0.2) is 9.97 Å². The Hall–Kier alpha value is -3.80. The van der Waals surface area contributed by atoms with Crippen LogP contribution in [-0.4, -0.2) is 28.8 Å². The van der Waals surface area contributed by atoms with E-state index < -0.39 is 0 Å². The highest BCUT2D eigenvalue weighted by atomic mass is 16.5. The van der Waals surface area contributed by atoms with Gasteiger partial charge in [-0.05, 0) is 62.2 Å². The number of phenolic OH excluding ortho intramolecular Hbond substituents is 1. The van der Waals surface area contributed by atoms with Gasteiger partial charge in [0.1, 0.15) is 17.1 Å². The molecule has 1 atom stereocenters. The first-order valence-electron chi connectivity index (χ1n) is 10.6. The summed E-state index contributed by atoms with van der Waals surface area (Å²) in [5, 5.41) is 15.6. The Kier molecular flexibility index (Phi) is 6.12. The van der Waals surface area contributed by atoms with E-state index in [9.17, 15) is 5.11 Å². The topological polar surface area (TPSA) is 76.5 Å². The summed E-state index contributed by atoms with van der Waals surface area (Å²) in [4.78, 5) is 9.03. The van der Waals surface area contributed by atoms with E-state index in [1.54, 1.807) is 13.3 Å². The molecule has 0 aliphatic carbocycles. The number of aryl methyl sites for hydroxylation is 2. The van der Waals surface area contributed by atoms with Crippen molar-refractivity contribution in [1.29, 1.82) is 0 Å². The van der Waals surface area contributed by atoms with Crippen molar-refractivity contribution < 1.29 is 14.6 Å². The summed E-state index contributed by atoms with van der Waals surface area (Å²) in [7, 11) is 1.62. The number of benzene rings is 2. The van der Waals surface area contributed by atoms with Crippen LogP contribution in [0.15, 0.2) is 60.8 Å². The van der Waals surface area contributed by atoms with Crippen LogP contribution in [0.4, 0.5) is 5.82 Å². The maximum Gasteiger partial charge on any atom is 0.161 e. The summed E-state index contributed by atoms with van der Waals surface area (Å²) < 4.78 is 11.2. The van der Waals surface area contributed by atoms with Crippen LogP contribution in [0.1, 0.15) is 35.3 Å². The lowest BCUT2D eigenvalue weighted by atomic mass is 9.95. The van der Waals surface area contributed by atoms with Gasteiger partial charge in [0.15, 0.2) is 11.5 Å². The third-order valence-corrected chi connectivity index (χ3v) is 5.35. The van der Waals surface area contributed by atoms with E-state index in [1.165, 1.54) is 0 Å². The minimum absolute atomic E-state index is 0.144. The number of rotatable bonds is 7. The van der Waals surface area contributed by atoms with Gasteiger partial charge in [0.25, 0.3) is 0 Å². The Balaban J connectivity index is 1.88. The van der Waals surface area contributed by atoms with Gasteiger partial charge in [0.2, 0.25) is 0 Å². The third-order valence-electron chi connectivity index (χ3n) is 5.35. The molecule has 1 unspecified atom stereocenters. The minimum atomic E-state index is -0.388. The highest BCUT2D eigenvalue weighted by molar-refractivity contribution is 5.86. The van der Waals surface area contributed by atoms with E-state index in [2.05, 4.69) is 15.3 Å². The molecule has 6 nitrogen and oxygen atoms in total. The van der Waals surface area contributed by atoms with Crippen LogP contribution in [0.5, 0.6) is 17.2 Å². The maximum atomic E-state index is 11.2. The van der Waals surface area contributed by atoms with Crippen molar-refractivity contribution >= 4 is 16.7 Å². The van der Waals surface area contributed by atoms with Gasteiger partial charge >= 0.3 is 0 Å². The summed E-state index contributed by atoms with van der Waals surface area (Å²) in [6.07, 6.45) is 1.76. The Morgan fingerprint density at radius 2 is 1.81 bits per heavy atom. The summed E-state index contributed by atoms with van der Waals surface area (Å²) >= 11 is 0. The van der Waals surface area contributed by atoms with Crippen LogP contribution < -0.4 is 14.8 Å². The molecule has 0 aliphatic heterocycles. The molecule has 2 N–H and O–H groups in total. The largest absolute Gasteiger partial charge is 0.505 e. The lowest BCUT2D eigenvalue weighted by Gasteiger charge is -2.23. The zero-order valence-corrected chi connectivity index (χ0v) is 18.7. The summed E-state index contributed by atoms with van der Waals surface area (Å²) in [5.74, 6) is 2.15. The maximum absolute atomic E-state index is 11.2. The molecule has 2 aromatic heterocycles. The smallest absolute Gasteiger partial charge is 0.161 e. The van der Waals surface area contributed by atoms with E-state index >= 15 is 0 Å². The van der Waals surface area contributed by atoms with E-state index in [-0.39, 0.29) is 11.8 Å². The number of ether oxygens (including phenoxy) is 2. The highest BCUT2D eigenvalue weighted by Crippen LogP contribution is 2.39. The number of aromatic hydroxyl groups is 1. The second-order valence-electron chi connectivity index (χ2n) is 7.67. The predicted molar refractivity (Wildman–Crippen MR) is 127 cm³/mol. The SMILES string of the molecule is CCOc1cc(C(Nc2cc(C)ccn2)c2ccc3ccc(C)nc3c2O)ccc1OC. The number of nitrogens with one attached hydrogen (secondary N) is 1. The van der Waals surface area contributed by atoms with Crippen molar-refractivity contribution in [3.05, 3.63) is 83.2 Å². The number of phenols is 1. The molecule has 6 heteroatoms. The van der Waals surface area contributed by atoms with Gasteiger partial charge < -0.3 is 19.9 Å². The van der Waals surface area contributed by atoms with Crippen LogP contribution in [0, 0.1) is 13.8 Å². The fraction of sp³-hybridized carbons (Fsp3) is 0.231. The molecule has 32 heavy (non-hydrogen) atoms. The fourth-order valence-electron chi connectivity index (χ4n) is 3.76.